The lowest BCUT2D eigenvalue weighted by atomic mass is 9.99. The van der Waals surface area contributed by atoms with Crippen LogP contribution in [0.25, 0.3) is 106 Å². The molecule has 11 rings (SSSR count). The summed E-state index contributed by atoms with van der Waals surface area (Å²) >= 11 is 0. The molecule has 51 heavy (non-hydrogen) atoms. The van der Waals surface area contributed by atoms with Gasteiger partial charge in [-0.25, -0.2) is 4.98 Å². The third-order valence-electron chi connectivity index (χ3n) is 9.87. The topological polar surface area (TPSA) is 69.9 Å². The van der Waals surface area contributed by atoms with E-state index in [1.165, 1.54) is 0 Å². The van der Waals surface area contributed by atoms with Gasteiger partial charge in [0.1, 0.15) is 22.3 Å². The number of para-hydroxylation sites is 2. The molecular weight excluding hydrogens is 629 g/mol. The van der Waals surface area contributed by atoms with Crippen LogP contribution in [0.15, 0.2) is 167 Å². The summed E-state index contributed by atoms with van der Waals surface area (Å²) < 4.78 is 15.0. The summed E-state index contributed by atoms with van der Waals surface area (Å²) in [7, 11) is 0. The maximum atomic E-state index is 6.50. The first kappa shape index (κ1) is 27.9. The lowest BCUT2D eigenvalue weighted by molar-refractivity contribution is 0.668. The summed E-state index contributed by atoms with van der Waals surface area (Å²) in [5.74, 6) is 1.67. The highest BCUT2D eigenvalue weighted by Crippen LogP contribution is 2.41. The first-order valence-electron chi connectivity index (χ1n) is 16.9. The van der Waals surface area contributed by atoms with Gasteiger partial charge in [-0.3, -0.25) is 4.57 Å². The van der Waals surface area contributed by atoms with E-state index in [0.29, 0.717) is 17.6 Å². The van der Waals surface area contributed by atoms with Gasteiger partial charge in [-0.15, -0.1) is 0 Å². The summed E-state index contributed by atoms with van der Waals surface area (Å²) in [6.45, 7) is 0. The molecule has 0 fully saturated rings. The number of fused-ring (bicyclic) bond motifs is 10. The Hall–Kier alpha value is -7.05. The Labute approximate surface area is 290 Å². The van der Waals surface area contributed by atoms with Crippen molar-refractivity contribution in [1.82, 2.24) is 19.5 Å². The number of rotatable bonds is 4. The van der Waals surface area contributed by atoms with Crippen molar-refractivity contribution in [3.8, 4) is 39.9 Å². The van der Waals surface area contributed by atoms with Crippen LogP contribution in [0.3, 0.4) is 0 Å². The second-order valence-electron chi connectivity index (χ2n) is 12.8. The number of aromatic nitrogens is 4. The smallest absolute Gasteiger partial charge is 0.238 e. The summed E-state index contributed by atoms with van der Waals surface area (Å²) in [6.07, 6.45) is 0. The number of benzene rings is 7. The van der Waals surface area contributed by atoms with E-state index in [-0.39, 0.29) is 0 Å². The van der Waals surface area contributed by atoms with Crippen LogP contribution in [0.2, 0.25) is 0 Å². The van der Waals surface area contributed by atoms with Gasteiger partial charge in [0.15, 0.2) is 11.6 Å². The molecule has 0 amide bonds. The van der Waals surface area contributed by atoms with E-state index in [1.54, 1.807) is 0 Å². The maximum Gasteiger partial charge on any atom is 0.238 e. The molecule has 0 saturated heterocycles. The summed E-state index contributed by atoms with van der Waals surface area (Å²) in [4.78, 5) is 15.5. The third kappa shape index (κ3) is 4.20. The number of nitrogens with zero attached hydrogens (tertiary/aromatic N) is 4. The molecule has 0 aliphatic heterocycles. The molecule has 0 spiro atoms. The molecule has 0 aliphatic carbocycles. The standard InChI is InChI=1S/C45H26N4O2/c1-3-12-27(13-4-1)30-18-11-21-37-40(30)34-23-22-29(26-39(34)51-37)44-46-43(28-14-5-2-6-15-28)47-45(48-44)49-35-19-9-7-16-31(35)32-24-25-38-41(42(32)49)33-17-8-10-20-36(33)50-38/h1-26H. The molecule has 11 aromatic rings. The minimum atomic E-state index is 0.527. The van der Waals surface area contributed by atoms with E-state index in [2.05, 4.69) is 95.6 Å². The predicted octanol–water partition coefficient (Wildman–Crippen LogP) is 11.8. The Morgan fingerprint density at radius 1 is 0.392 bits per heavy atom. The average Bonchev–Trinajstić information content (AvgIpc) is 3.87. The Morgan fingerprint density at radius 2 is 1.02 bits per heavy atom. The van der Waals surface area contributed by atoms with Crippen LogP contribution in [-0.4, -0.2) is 19.5 Å². The predicted molar refractivity (Wildman–Crippen MR) is 205 cm³/mol. The first-order valence-corrected chi connectivity index (χ1v) is 16.9. The summed E-state index contributed by atoms with van der Waals surface area (Å²) in [6, 6.07) is 53.8. The van der Waals surface area contributed by atoms with Gasteiger partial charge in [-0.2, -0.15) is 9.97 Å². The molecule has 6 nitrogen and oxygen atoms in total. The zero-order valence-electron chi connectivity index (χ0n) is 27.1. The minimum absolute atomic E-state index is 0.527. The molecule has 0 N–H and O–H groups in total. The van der Waals surface area contributed by atoms with Crippen LogP contribution in [-0.2, 0) is 0 Å². The van der Waals surface area contributed by atoms with Crippen molar-refractivity contribution in [3.05, 3.63) is 158 Å². The molecule has 0 saturated carbocycles. The fourth-order valence-electron chi connectivity index (χ4n) is 7.61. The number of furan rings is 2. The second kappa shape index (κ2) is 10.7. The zero-order chi connectivity index (χ0) is 33.5. The first-order chi connectivity index (χ1) is 25.3. The molecule has 4 aromatic heterocycles. The van der Waals surface area contributed by atoms with E-state index < -0.39 is 0 Å². The highest BCUT2D eigenvalue weighted by Gasteiger charge is 2.22. The highest BCUT2D eigenvalue weighted by molar-refractivity contribution is 6.24. The van der Waals surface area contributed by atoms with E-state index in [1.807, 2.05) is 66.7 Å². The van der Waals surface area contributed by atoms with E-state index in [0.717, 1.165) is 87.9 Å². The molecular formula is C45H26N4O2. The molecule has 0 radical (unpaired) electrons. The van der Waals surface area contributed by atoms with Crippen molar-refractivity contribution in [2.24, 2.45) is 0 Å². The van der Waals surface area contributed by atoms with Crippen LogP contribution in [0.5, 0.6) is 0 Å². The number of hydrogen-bond donors (Lipinski definition) is 0. The highest BCUT2D eigenvalue weighted by atomic mass is 16.3. The molecule has 0 atom stereocenters. The van der Waals surface area contributed by atoms with Gasteiger partial charge < -0.3 is 8.83 Å². The lowest BCUT2D eigenvalue weighted by Gasteiger charge is -2.11. The van der Waals surface area contributed by atoms with Gasteiger partial charge in [0.05, 0.1) is 16.4 Å². The van der Waals surface area contributed by atoms with Crippen molar-refractivity contribution < 1.29 is 8.83 Å². The molecule has 238 valence electrons. The fraction of sp³-hybridized carbons (Fsp3) is 0. The zero-order valence-corrected chi connectivity index (χ0v) is 27.1. The van der Waals surface area contributed by atoms with E-state index in [4.69, 9.17) is 23.8 Å². The van der Waals surface area contributed by atoms with Gasteiger partial charge >= 0.3 is 0 Å². The summed E-state index contributed by atoms with van der Waals surface area (Å²) in [5.41, 5.74) is 9.29. The van der Waals surface area contributed by atoms with E-state index >= 15 is 0 Å². The van der Waals surface area contributed by atoms with Crippen molar-refractivity contribution in [1.29, 1.82) is 0 Å². The van der Waals surface area contributed by atoms with E-state index in [9.17, 15) is 0 Å². The van der Waals surface area contributed by atoms with Crippen LogP contribution in [0.1, 0.15) is 0 Å². The fourth-order valence-corrected chi connectivity index (χ4v) is 7.61. The van der Waals surface area contributed by atoms with Crippen molar-refractivity contribution >= 4 is 65.7 Å². The average molecular weight is 655 g/mol. The van der Waals surface area contributed by atoms with Crippen LogP contribution >= 0.6 is 0 Å². The van der Waals surface area contributed by atoms with Crippen molar-refractivity contribution in [2.75, 3.05) is 0 Å². The Kier molecular flexibility index (Phi) is 5.86. The van der Waals surface area contributed by atoms with Gasteiger partial charge in [0.25, 0.3) is 0 Å². The monoisotopic (exact) mass is 654 g/mol. The quantitative estimate of drug-likeness (QED) is 0.189. The van der Waals surface area contributed by atoms with Crippen LogP contribution in [0, 0.1) is 0 Å². The third-order valence-corrected chi connectivity index (χ3v) is 9.87. The molecule has 0 aliphatic rings. The lowest BCUT2D eigenvalue weighted by Crippen LogP contribution is -2.06. The maximum absolute atomic E-state index is 6.50. The Balaban J connectivity index is 1.19. The Bertz CT molecular complexity index is 3140. The minimum Gasteiger partial charge on any atom is -0.456 e. The van der Waals surface area contributed by atoms with Gasteiger partial charge in [-0.1, -0.05) is 115 Å². The second-order valence-corrected chi connectivity index (χ2v) is 12.8. The van der Waals surface area contributed by atoms with Crippen LogP contribution in [0.4, 0.5) is 0 Å². The van der Waals surface area contributed by atoms with Crippen LogP contribution < -0.4 is 0 Å². The van der Waals surface area contributed by atoms with Gasteiger partial charge in [-0.05, 0) is 53.6 Å². The Morgan fingerprint density at radius 3 is 1.86 bits per heavy atom. The molecule has 6 heteroatoms. The van der Waals surface area contributed by atoms with Gasteiger partial charge in [0, 0.05) is 38.1 Å². The molecule has 0 bridgehead atoms. The molecule has 4 heterocycles. The molecule has 7 aromatic carbocycles. The largest absolute Gasteiger partial charge is 0.456 e. The SMILES string of the molecule is c1ccc(-c2nc(-c3ccc4c(c3)oc3cccc(-c5ccccc5)c34)nc(-n3c4ccccc4c4ccc5oc6ccccc6c5c43)n2)cc1. The van der Waals surface area contributed by atoms with Crippen molar-refractivity contribution in [2.45, 2.75) is 0 Å². The normalized spacial score (nSPS) is 11.9. The molecule has 0 unspecified atom stereocenters. The summed E-state index contributed by atoms with van der Waals surface area (Å²) in [5, 5.41) is 6.42. The van der Waals surface area contributed by atoms with Crippen molar-refractivity contribution in [3.63, 3.8) is 0 Å². The van der Waals surface area contributed by atoms with Gasteiger partial charge in [0.2, 0.25) is 5.95 Å². The number of hydrogen-bond acceptors (Lipinski definition) is 5.